The Morgan fingerprint density at radius 3 is 2.77 bits per heavy atom. The molecule has 5 nitrogen and oxygen atoms in total. The highest BCUT2D eigenvalue weighted by molar-refractivity contribution is 7.80. The van der Waals surface area contributed by atoms with E-state index >= 15 is 0 Å². The Morgan fingerprint density at radius 1 is 1.26 bits per heavy atom. The highest BCUT2D eigenvalue weighted by Gasteiger charge is 2.49. The molecule has 1 amide bonds. The summed E-state index contributed by atoms with van der Waals surface area (Å²) in [5.74, 6) is -0.402. The summed E-state index contributed by atoms with van der Waals surface area (Å²) in [5, 5.41) is 10.3. The molecule has 9 heteroatoms. The molecule has 0 bridgehead atoms. The fourth-order valence-electron chi connectivity index (χ4n) is 3.80. The average Bonchev–Trinajstić information content (AvgIpc) is 3.19. The summed E-state index contributed by atoms with van der Waals surface area (Å²) in [6.45, 7) is 2.27. The molecule has 0 aliphatic heterocycles. The number of rotatable bonds is 4. The highest BCUT2D eigenvalue weighted by atomic mass is 32.1. The first-order valence-corrected chi connectivity index (χ1v) is 10.6. The number of amides is 1. The van der Waals surface area contributed by atoms with Crippen molar-refractivity contribution in [2.24, 2.45) is 5.92 Å². The Morgan fingerprint density at radius 2 is 2.03 bits per heavy atom. The van der Waals surface area contributed by atoms with Gasteiger partial charge >= 0.3 is 6.18 Å². The maximum Gasteiger partial charge on any atom is 0.399 e. The number of aromatic nitrogens is 3. The smallest absolute Gasteiger partial charge is 0.340 e. The Bertz CT molecular complexity index is 1130. The van der Waals surface area contributed by atoms with Crippen LogP contribution < -0.4 is 5.32 Å². The second-order valence-corrected chi connectivity index (χ2v) is 9.01. The second kappa shape index (κ2) is 7.85. The number of thiol groups is 1. The molecule has 2 aromatic heterocycles. The lowest BCUT2D eigenvalue weighted by Gasteiger charge is -2.30. The summed E-state index contributed by atoms with van der Waals surface area (Å²) in [6.07, 6.45) is -1.23. The van der Waals surface area contributed by atoms with Crippen LogP contribution in [0.2, 0.25) is 0 Å². The van der Waals surface area contributed by atoms with Gasteiger partial charge in [-0.15, -0.1) is 12.6 Å². The van der Waals surface area contributed by atoms with Crippen LogP contribution >= 0.6 is 12.6 Å². The topological polar surface area (TPSA) is 70.7 Å². The van der Waals surface area contributed by atoms with Crippen molar-refractivity contribution >= 4 is 29.4 Å². The van der Waals surface area contributed by atoms with Crippen molar-refractivity contribution in [2.45, 2.75) is 50.1 Å². The lowest BCUT2D eigenvalue weighted by atomic mass is 9.83. The number of H-pyrrole nitrogens is 1. The molecule has 1 aromatic carbocycles. The van der Waals surface area contributed by atoms with Crippen LogP contribution in [-0.4, -0.2) is 27.3 Å². The Labute approximate surface area is 183 Å². The predicted octanol–water partition coefficient (Wildman–Crippen LogP) is 4.65. The first-order chi connectivity index (χ1) is 14.6. The molecule has 1 aliphatic carbocycles. The number of aryl methyl sites for hydroxylation is 1. The summed E-state index contributed by atoms with van der Waals surface area (Å²) >= 11 is 4.53. The molecule has 2 atom stereocenters. The Hall–Kier alpha value is -2.55. The minimum Gasteiger partial charge on any atom is -0.340 e. The molecule has 0 saturated heterocycles. The van der Waals surface area contributed by atoms with E-state index < -0.39 is 17.0 Å². The zero-order chi connectivity index (χ0) is 22.4. The van der Waals surface area contributed by atoms with Gasteiger partial charge in [0.05, 0.1) is 22.8 Å². The van der Waals surface area contributed by atoms with Crippen molar-refractivity contribution < 1.29 is 18.0 Å². The second-order valence-electron chi connectivity index (χ2n) is 8.49. The molecule has 0 radical (unpaired) electrons. The van der Waals surface area contributed by atoms with Crippen LogP contribution in [-0.2, 0) is 23.1 Å². The largest absolute Gasteiger partial charge is 0.399 e. The van der Waals surface area contributed by atoms with Crippen LogP contribution in [0.1, 0.15) is 48.2 Å². The van der Waals surface area contributed by atoms with Crippen LogP contribution in [0.4, 0.5) is 13.2 Å². The zero-order valence-electron chi connectivity index (χ0n) is 17.1. The minimum atomic E-state index is -4.38. The molecule has 0 fully saturated rings. The van der Waals surface area contributed by atoms with Crippen LogP contribution in [0, 0.1) is 5.92 Å². The van der Waals surface area contributed by atoms with Crippen molar-refractivity contribution in [3.8, 4) is 0 Å². The molecular formula is C22H23F3N4OS. The number of benzene rings is 1. The van der Waals surface area contributed by atoms with E-state index in [0.29, 0.717) is 25.0 Å². The number of aromatic amines is 1. The number of alkyl halides is 3. The lowest BCUT2D eigenvalue weighted by Crippen LogP contribution is -2.38. The SMILES string of the molecule is CC(C)(c1ccc2c(n1)CCC(C(=O)NC(S)c1ccc3[nH]ncc3c1)C2)C(F)(F)F. The standard InChI is InChI=1S/C22H23F3N4OS/c1-21(2,22(23,24)25)18-8-5-12-9-13(3-6-16(12)27-18)19(30)28-20(31)14-4-7-17-15(10-14)11-26-29-17/h4-5,7-8,10-11,13,20,31H,3,6,9H2,1-2H3,(H,26,29)(H,28,30). The summed E-state index contributed by atoms with van der Waals surface area (Å²) in [4.78, 5) is 17.1. The number of carbonyl (C=O) groups is 1. The van der Waals surface area contributed by atoms with E-state index in [1.54, 1.807) is 12.3 Å². The summed E-state index contributed by atoms with van der Waals surface area (Å²) in [7, 11) is 0. The van der Waals surface area contributed by atoms with Crippen molar-refractivity contribution in [3.05, 3.63) is 59.0 Å². The third-order valence-corrected chi connectivity index (χ3v) is 6.47. The van der Waals surface area contributed by atoms with Crippen LogP contribution in [0.5, 0.6) is 0 Å². The lowest BCUT2D eigenvalue weighted by molar-refractivity contribution is -0.181. The molecule has 2 unspecified atom stereocenters. The molecule has 3 aromatic rings. The molecule has 2 N–H and O–H groups in total. The predicted molar refractivity (Wildman–Crippen MR) is 115 cm³/mol. The van der Waals surface area contributed by atoms with Gasteiger partial charge in [-0.25, -0.2) is 0 Å². The van der Waals surface area contributed by atoms with Crippen molar-refractivity contribution in [1.29, 1.82) is 0 Å². The number of hydrogen-bond donors (Lipinski definition) is 3. The number of nitrogens with one attached hydrogen (secondary N) is 2. The van der Waals surface area contributed by atoms with Gasteiger partial charge in [0.2, 0.25) is 5.91 Å². The van der Waals surface area contributed by atoms with E-state index in [-0.39, 0.29) is 17.5 Å². The maximum atomic E-state index is 13.3. The van der Waals surface area contributed by atoms with Gasteiger partial charge in [-0.2, -0.15) is 18.3 Å². The number of nitrogens with zero attached hydrogens (tertiary/aromatic N) is 2. The number of carbonyl (C=O) groups excluding carboxylic acids is 1. The fraction of sp³-hybridized carbons (Fsp3) is 0.409. The van der Waals surface area contributed by atoms with Gasteiger partial charge < -0.3 is 5.32 Å². The van der Waals surface area contributed by atoms with Gasteiger partial charge in [-0.1, -0.05) is 12.1 Å². The quantitative estimate of drug-likeness (QED) is 0.402. The van der Waals surface area contributed by atoms with Gasteiger partial charge in [0, 0.05) is 17.0 Å². The normalized spacial score (nSPS) is 17.9. The van der Waals surface area contributed by atoms with E-state index in [9.17, 15) is 18.0 Å². The third-order valence-electron chi connectivity index (χ3n) is 6.04. The average molecular weight is 449 g/mol. The monoisotopic (exact) mass is 448 g/mol. The molecule has 1 aliphatic rings. The molecule has 0 spiro atoms. The number of halogens is 3. The van der Waals surface area contributed by atoms with Gasteiger partial charge in [-0.3, -0.25) is 14.9 Å². The summed E-state index contributed by atoms with van der Waals surface area (Å²) in [5.41, 5.74) is 1.20. The number of pyridine rings is 1. The summed E-state index contributed by atoms with van der Waals surface area (Å²) in [6, 6.07) is 8.78. The van der Waals surface area contributed by atoms with E-state index in [2.05, 4.69) is 33.1 Å². The third kappa shape index (κ3) is 4.15. The maximum absolute atomic E-state index is 13.3. The van der Waals surface area contributed by atoms with Gasteiger partial charge in [0.25, 0.3) is 0 Å². The van der Waals surface area contributed by atoms with E-state index in [4.69, 9.17) is 0 Å². The summed E-state index contributed by atoms with van der Waals surface area (Å²) < 4.78 is 40.0. The first-order valence-electron chi connectivity index (χ1n) is 10.0. The van der Waals surface area contributed by atoms with Gasteiger partial charge in [-0.05, 0) is 62.4 Å². The number of fused-ring (bicyclic) bond motifs is 2. The molecule has 164 valence electrons. The molecule has 2 heterocycles. The Kier molecular flexibility index (Phi) is 5.49. The fourth-order valence-corrected chi connectivity index (χ4v) is 4.08. The van der Waals surface area contributed by atoms with Crippen LogP contribution in [0.15, 0.2) is 36.5 Å². The Balaban J connectivity index is 1.45. The van der Waals surface area contributed by atoms with Crippen molar-refractivity contribution in [3.63, 3.8) is 0 Å². The first kappa shape index (κ1) is 21.7. The molecule has 31 heavy (non-hydrogen) atoms. The van der Waals surface area contributed by atoms with Crippen molar-refractivity contribution in [1.82, 2.24) is 20.5 Å². The van der Waals surface area contributed by atoms with E-state index in [0.717, 1.165) is 35.9 Å². The van der Waals surface area contributed by atoms with Crippen LogP contribution in [0.25, 0.3) is 10.9 Å². The zero-order valence-corrected chi connectivity index (χ0v) is 18.0. The van der Waals surface area contributed by atoms with Crippen LogP contribution in [0.3, 0.4) is 0 Å². The van der Waals surface area contributed by atoms with Crippen molar-refractivity contribution in [2.75, 3.05) is 0 Å². The molecular weight excluding hydrogens is 425 g/mol. The minimum absolute atomic E-state index is 0.00622. The van der Waals surface area contributed by atoms with E-state index in [1.165, 1.54) is 6.07 Å². The number of hydrogen-bond acceptors (Lipinski definition) is 4. The van der Waals surface area contributed by atoms with Gasteiger partial charge in [0.1, 0.15) is 5.41 Å². The molecule has 4 rings (SSSR count). The van der Waals surface area contributed by atoms with E-state index in [1.807, 2.05) is 18.2 Å². The van der Waals surface area contributed by atoms with Gasteiger partial charge in [0.15, 0.2) is 0 Å². The molecule has 0 saturated carbocycles. The highest BCUT2D eigenvalue weighted by Crippen LogP contribution is 2.40.